The molecule has 256 valence electrons. The van der Waals surface area contributed by atoms with Gasteiger partial charge in [-0.15, -0.1) is 0 Å². The van der Waals surface area contributed by atoms with Crippen LogP contribution in [0.25, 0.3) is 0 Å². The highest BCUT2D eigenvalue weighted by molar-refractivity contribution is 5.99. The van der Waals surface area contributed by atoms with Crippen LogP contribution in [0.2, 0.25) is 0 Å². The van der Waals surface area contributed by atoms with E-state index in [9.17, 15) is 18.0 Å². The van der Waals surface area contributed by atoms with Gasteiger partial charge in [-0.3, -0.25) is 4.79 Å². The highest BCUT2D eigenvalue weighted by Crippen LogP contribution is 2.36. The minimum atomic E-state index is -4.30. The van der Waals surface area contributed by atoms with Gasteiger partial charge in [-0.25, -0.2) is 0 Å². The molecule has 0 radical (unpaired) electrons. The Bertz CT molecular complexity index is 1490. The molecule has 2 fully saturated rings. The second kappa shape index (κ2) is 17.7. The molecule has 2 aliphatic rings. The Morgan fingerprint density at radius 2 is 1.38 bits per heavy atom. The summed E-state index contributed by atoms with van der Waals surface area (Å²) < 4.78 is 38.6. The van der Waals surface area contributed by atoms with E-state index in [1.54, 1.807) is 24.3 Å². The maximum absolute atomic E-state index is 13.6. The average Bonchev–Trinajstić information content (AvgIpc) is 3.32. The van der Waals surface area contributed by atoms with Crippen LogP contribution in [0.1, 0.15) is 107 Å². The number of Topliss-reactive ketones (excluding diaryl/α,β-unsaturated/α-hetero) is 1. The maximum atomic E-state index is 13.6. The van der Waals surface area contributed by atoms with Crippen molar-refractivity contribution in [2.24, 2.45) is 29.6 Å². The lowest BCUT2D eigenvalue weighted by atomic mass is 9.79. The number of hydrogen-bond donors (Lipinski definition) is 0. The number of hydrogen-bond acceptors (Lipinski definition) is 1. The molecule has 0 aromatic heterocycles. The lowest BCUT2D eigenvalue weighted by molar-refractivity contribution is -0.137. The van der Waals surface area contributed by atoms with Gasteiger partial charge in [0.25, 0.3) is 0 Å². The van der Waals surface area contributed by atoms with E-state index in [1.807, 2.05) is 12.2 Å². The van der Waals surface area contributed by atoms with Crippen LogP contribution in [0.4, 0.5) is 13.2 Å². The SMILES string of the molecule is C=C/C(C#CC1CCC(Cc2ccc(C(F)(F)F)cc2)CC1)=C\C=C(/C=C)C(=O)C(C)C1CCCC(Cc2ccc(C(C)C)cc2)CC1. The standard InChI is InChI=1S/C44H53F3O/c1-6-33(11-12-34-13-15-36(16-14-34)30-38-21-27-42(28-22-38)44(45,46)47)17-23-39(7-2)43(48)32(5)41-10-8-9-35(20-26-41)29-37-18-24-40(25-19-37)31(3)4/h6-7,17-19,21-25,27-28,31-32,34-36,41H,1-2,8-10,13-16,20,26,29-30H2,3-5H3/b33-17+,39-23+. The summed E-state index contributed by atoms with van der Waals surface area (Å²) in [6.07, 6.45) is 14.4. The van der Waals surface area contributed by atoms with Crippen LogP contribution in [-0.2, 0) is 23.8 Å². The van der Waals surface area contributed by atoms with Gasteiger partial charge in [0.15, 0.2) is 5.78 Å². The van der Waals surface area contributed by atoms with E-state index in [0.717, 1.165) is 75.3 Å². The minimum absolute atomic E-state index is 0.0530. The van der Waals surface area contributed by atoms with Crippen molar-refractivity contribution in [1.82, 2.24) is 0 Å². The molecular formula is C44H53F3O. The number of benzene rings is 2. The number of carbonyl (C=O) groups excluding carboxylic acids is 1. The molecule has 0 bridgehead atoms. The van der Waals surface area contributed by atoms with Gasteiger partial charge in [0.05, 0.1) is 5.56 Å². The molecule has 0 N–H and O–H groups in total. The van der Waals surface area contributed by atoms with Crippen molar-refractivity contribution >= 4 is 5.78 Å². The Morgan fingerprint density at radius 1 is 0.792 bits per heavy atom. The minimum Gasteiger partial charge on any atom is -0.294 e. The predicted octanol–water partition coefficient (Wildman–Crippen LogP) is 12.1. The quantitative estimate of drug-likeness (QED) is 0.102. The summed E-state index contributed by atoms with van der Waals surface area (Å²) in [7, 11) is 0. The van der Waals surface area contributed by atoms with Crippen molar-refractivity contribution in [3.05, 3.63) is 119 Å². The summed E-state index contributed by atoms with van der Waals surface area (Å²) in [4.78, 5) is 13.6. The highest BCUT2D eigenvalue weighted by Gasteiger charge is 2.30. The van der Waals surface area contributed by atoms with E-state index < -0.39 is 11.7 Å². The summed E-state index contributed by atoms with van der Waals surface area (Å²) >= 11 is 0. The van der Waals surface area contributed by atoms with E-state index in [2.05, 4.69) is 70.0 Å². The lowest BCUT2D eigenvalue weighted by Crippen LogP contribution is -2.22. The maximum Gasteiger partial charge on any atom is 0.416 e. The molecule has 1 nitrogen and oxygen atoms in total. The van der Waals surface area contributed by atoms with Crippen LogP contribution in [0.3, 0.4) is 0 Å². The zero-order chi connectivity index (χ0) is 34.7. The molecular weight excluding hydrogens is 601 g/mol. The van der Waals surface area contributed by atoms with Gasteiger partial charge in [-0.1, -0.05) is 113 Å². The van der Waals surface area contributed by atoms with Crippen molar-refractivity contribution in [2.45, 2.75) is 103 Å². The van der Waals surface area contributed by atoms with Gasteiger partial charge in [0.2, 0.25) is 0 Å². The fourth-order valence-electron chi connectivity index (χ4n) is 7.41. The molecule has 0 spiro atoms. The van der Waals surface area contributed by atoms with Crippen LogP contribution in [-0.4, -0.2) is 5.78 Å². The van der Waals surface area contributed by atoms with Gasteiger partial charge < -0.3 is 0 Å². The third-order valence-corrected chi connectivity index (χ3v) is 10.7. The van der Waals surface area contributed by atoms with Gasteiger partial charge in [0, 0.05) is 23.0 Å². The largest absolute Gasteiger partial charge is 0.416 e. The number of alkyl halides is 3. The van der Waals surface area contributed by atoms with E-state index in [-0.39, 0.29) is 17.6 Å². The van der Waals surface area contributed by atoms with E-state index >= 15 is 0 Å². The van der Waals surface area contributed by atoms with Gasteiger partial charge >= 0.3 is 6.18 Å². The number of allylic oxidation sites excluding steroid dienone is 6. The summed E-state index contributed by atoms with van der Waals surface area (Å²) in [6, 6.07) is 14.7. The number of rotatable bonds is 11. The van der Waals surface area contributed by atoms with Crippen molar-refractivity contribution in [3.8, 4) is 11.8 Å². The van der Waals surface area contributed by atoms with Crippen molar-refractivity contribution < 1.29 is 18.0 Å². The summed E-state index contributed by atoms with van der Waals surface area (Å²) in [5.41, 5.74) is 4.56. The molecule has 3 atom stereocenters. The van der Waals surface area contributed by atoms with Gasteiger partial charge in [0.1, 0.15) is 0 Å². The molecule has 4 rings (SSSR count). The predicted molar refractivity (Wildman–Crippen MR) is 193 cm³/mol. The highest BCUT2D eigenvalue weighted by atomic mass is 19.4. The second-order valence-corrected chi connectivity index (χ2v) is 14.4. The zero-order valence-corrected chi connectivity index (χ0v) is 29.1. The van der Waals surface area contributed by atoms with Crippen LogP contribution in [0.15, 0.2) is 97.1 Å². The van der Waals surface area contributed by atoms with Crippen LogP contribution in [0, 0.1) is 41.4 Å². The Balaban J connectivity index is 1.27. The number of halogens is 3. The molecule has 3 unspecified atom stereocenters. The Morgan fingerprint density at radius 3 is 1.94 bits per heavy atom. The molecule has 2 saturated carbocycles. The smallest absolute Gasteiger partial charge is 0.294 e. The third kappa shape index (κ3) is 11.0. The Hall–Kier alpha value is -3.58. The molecule has 0 saturated heterocycles. The zero-order valence-electron chi connectivity index (χ0n) is 29.1. The first-order valence-electron chi connectivity index (χ1n) is 17.9. The Labute approximate surface area is 287 Å². The van der Waals surface area contributed by atoms with E-state index in [0.29, 0.717) is 29.2 Å². The van der Waals surface area contributed by atoms with Crippen LogP contribution >= 0.6 is 0 Å². The van der Waals surface area contributed by atoms with Crippen LogP contribution < -0.4 is 0 Å². The molecule has 48 heavy (non-hydrogen) atoms. The molecule has 0 heterocycles. The molecule has 0 aliphatic heterocycles. The first-order chi connectivity index (χ1) is 23.0. The first-order valence-corrected chi connectivity index (χ1v) is 17.9. The first kappa shape index (κ1) is 37.2. The fraction of sp³-hybridized carbons (Fsp3) is 0.477. The molecule has 4 heteroatoms. The summed E-state index contributed by atoms with van der Waals surface area (Å²) in [5, 5.41) is 0. The third-order valence-electron chi connectivity index (χ3n) is 10.7. The molecule has 2 aromatic carbocycles. The van der Waals surface area contributed by atoms with Crippen molar-refractivity contribution in [2.75, 3.05) is 0 Å². The molecule has 2 aromatic rings. The molecule has 0 amide bonds. The van der Waals surface area contributed by atoms with Crippen molar-refractivity contribution in [1.29, 1.82) is 0 Å². The lowest BCUT2D eigenvalue weighted by Gasteiger charge is -2.25. The average molecular weight is 655 g/mol. The topological polar surface area (TPSA) is 17.1 Å². The summed E-state index contributed by atoms with van der Waals surface area (Å²) in [6.45, 7) is 14.4. The normalized spacial score (nSPS) is 23.1. The van der Waals surface area contributed by atoms with E-state index in [1.165, 1.54) is 29.7 Å². The molecule has 2 aliphatic carbocycles. The Kier molecular flexibility index (Phi) is 13.7. The summed E-state index contributed by atoms with van der Waals surface area (Å²) in [5.74, 6) is 9.11. The van der Waals surface area contributed by atoms with Crippen molar-refractivity contribution in [3.63, 3.8) is 0 Å². The number of ketones is 1. The van der Waals surface area contributed by atoms with E-state index in [4.69, 9.17) is 0 Å². The number of carbonyl (C=O) groups is 1. The van der Waals surface area contributed by atoms with Gasteiger partial charge in [-0.05, 0) is 116 Å². The monoisotopic (exact) mass is 654 g/mol. The second-order valence-electron chi connectivity index (χ2n) is 14.4. The fourth-order valence-corrected chi connectivity index (χ4v) is 7.41. The van der Waals surface area contributed by atoms with Crippen LogP contribution in [0.5, 0.6) is 0 Å². The van der Waals surface area contributed by atoms with Gasteiger partial charge in [-0.2, -0.15) is 13.2 Å².